The number of likely N-dealkylation sites (N-methyl/N-ethyl adjacent to an activating group) is 2. The molecule has 0 spiro atoms. The lowest BCUT2D eigenvalue weighted by atomic mass is 9.79. The molecule has 19 heteroatoms. The number of piperidine rings is 2. The van der Waals surface area contributed by atoms with Gasteiger partial charge in [0.25, 0.3) is 5.91 Å². The van der Waals surface area contributed by atoms with E-state index in [1.807, 2.05) is 27.7 Å². The molecule has 3 saturated heterocycles. The Morgan fingerprint density at radius 2 is 1.30 bits per heavy atom. The average Bonchev–Trinajstić information content (AvgIpc) is 3.32. The van der Waals surface area contributed by atoms with Crippen LogP contribution in [0.5, 0.6) is 0 Å². The zero-order chi connectivity index (χ0) is 43.8. The van der Waals surface area contributed by atoms with Gasteiger partial charge in [0.2, 0.25) is 29.5 Å². The Hall–Kier alpha value is -3.30. The first-order valence-electron chi connectivity index (χ1n) is 19.6. The van der Waals surface area contributed by atoms with Crippen molar-refractivity contribution in [2.45, 2.75) is 177 Å². The van der Waals surface area contributed by atoms with Gasteiger partial charge in [-0.15, -0.1) is 0 Å². The monoisotopic (exact) mass is 815 g/mol. The van der Waals surface area contributed by atoms with E-state index >= 15 is 0 Å². The minimum Gasteiger partial charge on any atom is -0.394 e. The van der Waals surface area contributed by atoms with Crippen molar-refractivity contribution in [3.05, 3.63) is 0 Å². The van der Waals surface area contributed by atoms with Crippen LogP contribution in [0, 0.1) is 0 Å². The highest BCUT2D eigenvalue weighted by Crippen LogP contribution is 2.29. The lowest BCUT2D eigenvalue weighted by molar-refractivity contribution is -0.148. The first-order chi connectivity index (χ1) is 26.0. The number of aliphatic hydroxyl groups excluding tert-OH is 5. The number of imide groups is 1. The molecule has 19 nitrogen and oxygen atoms in total. The number of carbonyl (C=O) groups is 6. The van der Waals surface area contributed by atoms with Crippen LogP contribution in [0.2, 0.25) is 0 Å². The summed E-state index contributed by atoms with van der Waals surface area (Å²) in [5, 5.41) is 62.8. The molecule has 3 fully saturated rings. The van der Waals surface area contributed by atoms with Gasteiger partial charge in [0, 0.05) is 67.7 Å². The summed E-state index contributed by atoms with van der Waals surface area (Å²) in [6, 6.07) is -2.60. The Morgan fingerprint density at radius 3 is 1.77 bits per heavy atom. The van der Waals surface area contributed by atoms with E-state index in [0.29, 0.717) is 23.8 Å². The van der Waals surface area contributed by atoms with Crippen LogP contribution >= 0.6 is 0 Å². The zero-order valence-electron chi connectivity index (χ0n) is 35.3. The molecule has 0 aliphatic carbocycles. The predicted octanol–water partition coefficient (Wildman–Crippen LogP) is -2.91. The van der Waals surface area contributed by atoms with Crippen molar-refractivity contribution in [3.63, 3.8) is 0 Å². The molecular weight excluding hydrogens is 744 g/mol. The molecule has 328 valence electrons. The maximum Gasteiger partial charge on any atom is 0.253 e. The molecule has 3 heterocycles. The zero-order valence-corrected chi connectivity index (χ0v) is 35.3. The number of hydrogen-bond acceptors (Lipinski definition) is 14. The molecule has 0 aromatic heterocycles. The third-order valence-electron chi connectivity index (χ3n) is 10.3. The molecule has 3 aliphatic rings. The molecule has 0 aromatic rings. The Labute approximate surface area is 336 Å². The molecule has 12 N–H and O–H groups in total. The van der Waals surface area contributed by atoms with Gasteiger partial charge in [-0.05, 0) is 81.1 Å². The Bertz CT molecular complexity index is 1410. The topological polar surface area (TPSA) is 296 Å². The van der Waals surface area contributed by atoms with E-state index in [0.717, 1.165) is 17.7 Å². The minimum absolute atomic E-state index is 0.207. The van der Waals surface area contributed by atoms with E-state index in [2.05, 4.69) is 54.3 Å². The fraction of sp³-hybridized carbons (Fsp3) is 0.842. The molecule has 3 rings (SSSR count). The van der Waals surface area contributed by atoms with Crippen LogP contribution in [0.4, 0.5) is 0 Å². The number of amides is 6. The van der Waals surface area contributed by atoms with Crippen LogP contribution in [-0.2, 0) is 28.8 Å². The summed E-state index contributed by atoms with van der Waals surface area (Å²) in [5.74, 6) is -4.25. The van der Waals surface area contributed by atoms with Crippen LogP contribution < -0.4 is 32.3 Å². The van der Waals surface area contributed by atoms with E-state index in [1.54, 1.807) is 0 Å². The van der Waals surface area contributed by atoms with Gasteiger partial charge < -0.3 is 62.8 Å². The SMILES string of the molecule is CC1(C)CC(N)CC(C)(C)N1.CNC(=O)C(CC(=O)NC1CC(C)(C)NC(C)(C)C1)N1C(=O)CC(NC(=O)CCC(=O)N(C)CC(O)C(O)C(O)C(O)CO)C1=O. The minimum atomic E-state index is -1.87. The van der Waals surface area contributed by atoms with E-state index in [9.17, 15) is 49.2 Å². The first-order valence-corrected chi connectivity index (χ1v) is 19.6. The fourth-order valence-corrected chi connectivity index (χ4v) is 8.58. The Kier molecular flexibility index (Phi) is 17.6. The summed E-state index contributed by atoms with van der Waals surface area (Å²) in [6.07, 6.45) is -5.42. The van der Waals surface area contributed by atoms with Gasteiger partial charge in [-0.3, -0.25) is 33.7 Å². The molecule has 3 aliphatic heterocycles. The van der Waals surface area contributed by atoms with Crippen LogP contribution in [0.3, 0.4) is 0 Å². The summed E-state index contributed by atoms with van der Waals surface area (Å²) in [5.41, 5.74) is 5.85. The number of aliphatic hydroxyl groups is 5. The van der Waals surface area contributed by atoms with Gasteiger partial charge >= 0.3 is 0 Å². The maximum atomic E-state index is 13.2. The highest BCUT2D eigenvalue weighted by Gasteiger charge is 2.46. The van der Waals surface area contributed by atoms with Crippen LogP contribution in [0.1, 0.15) is 107 Å². The van der Waals surface area contributed by atoms with Gasteiger partial charge in [0.05, 0.1) is 19.4 Å². The van der Waals surface area contributed by atoms with Gasteiger partial charge in [-0.1, -0.05) is 0 Å². The molecule has 6 atom stereocenters. The third kappa shape index (κ3) is 15.4. The van der Waals surface area contributed by atoms with Gasteiger partial charge in [0.15, 0.2) is 0 Å². The second-order valence-electron chi connectivity index (χ2n) is 18.5. The number of nitrogens with two attached hydrogens (primary N) is 1. The largest absolute Gasteiger partial charge is 0.394 e. The molecule has 0 aromatic carbocycles. The smallest absolute Gasteiger partial charge is 0.253 e. The van der Waals surface area contributed by atoms with Gasteiger partial charge in [-0.2, -0.15) is 0 Å². The Morgan fingerprint density at radius 1 is 0.807 bits per heavy atom. The summed E-state index contributed by atoms with van der Waals surface area (Å²) in [7, 11) is 2.58. The molecule has 0 radical (unpaired) electrons. The van der Waals surface area contributed by atoms with Crippen molar-refractivity contribution in [2.24, 2.45) is 5.73 Å². The molecule has 0 bridgehead atoms. The van der Waals surface area contributed by atoms with Crippen LogP contribution in [0.15, 0.2) is 0 Å². The fourth-order valence-electron chi connectivity index (χ4n) is 8.58. The maximum absolute atomic E-state index is 13.2. The molecule has 6 unspecified atom stereocenters. The van der Waals surface area contributed by atoms with Crippen molar-refractivity contribution in [1.29, 1.82) is 0 Å². The molecule has 57 heavy (non-hydrogen) atoms. The third-order valence-corrected chi connectivity index (χ3v) is 10.3. The van der Waals surface area contributed by atoms with Crippen molar-refractivity contribution in [2.75, 3.05) is 27.2 Å². The van der Waals surface area contributed by atoms with Crippen LogP contribution in [-0.4, -0.2) is 169 Å². The molecular formula is C38H70N8O11. The number of nitrogens with one attached hydrogen (secondary N) is 5. The first kappa shape index (κ1) is 49.8. The normalized spacial score (nSPS) is 24.2. The van der Waals surface area contributed by atoms with Crippen LogP contribution in [0.25, 0.3) is 0 Å². The second kappa shape index (κ2) is 20.1. The van der Waals surface area contributed by atoms with Crippen molar-refractivity contribution < 1.29 is 54.3 Å². The summed E-state index contributed by atoms with van der Waals surface area (Å²) < 4.78 is 0. The standard InChI is InChI=1S/C29H50N6O11.C9H20N2/c1-28(2)11-15(12-29(3,4)33-28)31-21(40)10-17(26(45)30-5)35-23(42)9-16(27(35)46)32-20(39)7-8-22(41)34(6)13-18(37)24(43)25(44)19(38)14-36;1-8(2)5-7(10)6-9(3,4)11-8/h15-19,24-25,33,36-38,43-44H,7-14H2,1-6H3,(H,30,45)(H,31,40)(H,32,39);7,11H,5-6,10H2,1-4H3. The molecule has 0 saturated carbocycles. The van der Waals surface area contributed by atoms with E-state index in [1.165, 1.54) is 14.1 Å². The number of likely N-dealkylation sites (tertiary alicyclic amines) is 1. The summed E-state index contributed by atoms with van der Waals surface area (Å²) in [4.78, 5) is 78.6. The molecule has 6 amide bonds. The number of nitrogens with zero attached hydrogens (tertiary/aromatic N) is 2. The van der Waals surface area contributed by atoms with E-state index < -0.39 is 104 Å². The highest BCUT2D eigenvalue weighted by molar-refractivity contribution is 6.10. The van der Waals surface area contributed by atoms with Gasteiger partial charge in [-0.25, -0.2) is 0 Å². The lowest BCUT2D eigenvalue weighted by Crippen LogP contribution is -2.62. The van der Waals surface area contributed by atoms with Crippen molar-refractivity contribution in [1.82, 2.24) is 36.4 Å². The average molecular weight is 815 g/mol. The van der Waals surface area contributed by atoms with E-state index in [4.69, 9.17) is 10.8 Å². The summed E-state index contributed by atoms with van der Waals surface area (Å²) >= 11 is 0. The van der Waals surface area contributed by atoms with Crippen molar-refractivity contribution in [3.8, 4) is 0 Å². The number of hydrogen-bond donors (Lipinski definition) is 11. The number of rotatable bonds is 15. The predicted molar refractivity (Wildman–Crippen MR) is 210 cm³/mol. The summed E-state index contributed by atoms with van der Waals surface area (Å²) in [6.45, 7) is 15.6. The number of carbonyl (C=O) groups excluding carboxylic acids is 6. The quantitative estimate of drug-likeness (QED) is 0.0740. The highest BCUT2D eigenvalue weighted by atomic mass is 16.4. The van der Waals surface area contributed by atoms with E-state index in [-0.39, 0.29) is 34.6 Å². The lowest BCUT2D eigenvalue weighted by Gasteiger charge is -2.46. The van der Waals surface area contributed by atoms with Gasteiger partial charge in [0.1, 0.15) is 36.5 Å². The Balaban J connectivity index is 0.000000872. The van der Waals surface area contributed by atoms with Crippen molar-refractivity contribution >= 4 is 35.4 Å². The second-order valence-corrected chi connectivity index (χ2v) is 18.5.